The maximum absolute atomic E-state index is 3.57. The normalized spacial score (nSPS) is 25.6. The molecule has 0 aromatic heterocycles. The molecule has 0 radical (unpaired) electrons. The van der Waals surface area contributed by atoms with Gasteiger partial charge in [-0.1, -0.05) is 31.5 Å². The second kappa shape index (κ2) is 6.17. The van der Waals surface area contributed by atoms with Crippen molar-refractivity contribution in [2.75, 3.05) is 18.9 Å². The first-order chi connectivity index (χ1) is 9.78. The minimum atomic E-state index is 0.787. The predicted octanol–water partition coefficient (Wildman–Crippen LogP) is 4.06. The van der Waals surface area contributed by atoms with E-state index in [-0.39, 0.29) is 0 Å². The molecule has 1 fully saturated rings. The Bertz CT molecular complexity index is 447. The molecule has 1 saturated carbocycles. The van der Waals surface area contributed by atoms with E-state index in [0.29, 0.717) is 0 Å². The average molecular weight is 272 g/mol. The van der Waals surface area contributed by atoms with Crippen molar-refractivity contribution in [2.24, 2.45) is 5.92 Å². The summed E-state index contributed by atoms with van der Waals surface area (Å²) >= 11 is 0. The van der Waals surface area contributed by atoms with E-state index < -0.39 is 0 Å². The largest absolute Gasteiger partial charge is 0.384 e. The molecule has 1 aliphatic heterocycles. The molecule has 0 atom stereocenters. The van der Waals surface area contributed by atoms with Crippen LogP contribution in [-0.2, 0) is 13.0 Å². The van der Waals surface area contributed by atoms with Gasteiger partial charge in [-0.25, -0.2) is 0 Å². The van der Waals surface area contributed by atoms with Gasteiger partial charge in [-0.15, -0.1) is 0 Å². The van der Waals surface area contributed by atoms with E-state index >= 15 is 0 Å². The molecule has 1 aliphatic carbocycles. The summed E-state index contributed by atoms with van der Waals surface area (Å²) in [7, 11) is 2.31. The zero-order chi connectivity index (χ0) is 13.9. The highest BCUT2D eigenvalue weighted by molar-refractivity contribution is 5.61. The Morgan fingerprint density at radius 3 is 2.75 bits per heavy atom. The number of nitrogens with one attached hydrogen (secondary N) is 1. The first-order valence-corrected chi connectivity index (χ1v) is 8.32. The fourth-order valence-corrected chi connectivity index (χ4v) is 3.93. The summed E-state index contributed by atoms with van der Waals surface area (Å²) in [5.74, 6) is 0.988. The summed E-state index contributed by atoms with van der Waals surface area (Å²) in [5, 5.41) is 3.57. The van der Waals surface area contributed by atoms with E-state index in [4.69, 9.17) is 0 Å². The topological polar surface area (TPSA) is 15.3 Å². The van der Waals surface area contributed by atoms with Gasteiger partial charge in [-0.05, 0) is 56.2 Å². The van der Waals surface area contributed by atoms with Crippen LogP contribution < -0.4 is 5.32 Å². The van der Waals surface area contributed by atoms with Gasteiger partial charge in [0, 0.05) is 24.8 Å². The Balaban J connectivity index is 1.62. The van der Waals surface area contributed by atoms with Crippen LogP contribution in [0.3, 0.4) is 0 Å². The highest BCUT2D eigenvalue weighted by atomic mass is 15.1. The van der Waals surface area contributed by atoms with Crippen molar-refractivity contribution in [2.45, 2.75) is 58.0 Å². The first kappa shape index (κ1) is 13.9. The quantitative estimate of drug-likeness (QED) is 0.889. The van der Waals surface area contributed by atoms with Gasteiger partial charge in [0.1, 0.15) is 0 Å². The van der Waals surface area contributed by atoms with E-state index in [2.05, 4.69) is 42.4 Å². The Hall–Kier alpha value is -1.02. The summed E-state index contributed by atoms with van der Waals surface area (Å²) < 4.78 is 0. The molecule has 1 heterocycles. The van der Waals surface area contributed by atoms with E-state index in [1.807, 2.05) is 0 Å². The van der Waals surface area contributed by atoms with Crippen molar-refractivity contribution in [3.63, 3.8) is 0 Å². The number of fused-ring (bicyclic) bond motifs is 1. The zero-order valence-electron chi connectivity index (χ0n) is 13.0. The molecule has 3 rings (SSSR count). The van der Waals surface area contributed by atoms with E-state index in [1.54, 1.807) is 0 Å². The monoisotopic (exact) mass is 272 g/mol. The molecule has 0 bridgehead atoms. The standard InChI is InChI=1S/C18H28N2/c1-3-14-7-9-17(10-8-14)20(2)13-16-6-4-5-15-11-12-19-18(15)16/h4-6,14,17,19H,3,7-13H2,1-2H3. The van der Waals surface area contributed by atoms with E-state index in [1.165, 1.54) is 55.3 Å². The van der Waals surface area contributed by atoms with Crippen LogP contribution in [0.2, 0.25) is 0 Å². The molecule has 110 valence electrons. The number of hydrogen-bond acceptors (Lipinski definition) is 2. The van der Waals surface area contributed by atoms with E-state index in [0.717, 1.165) is 25.0 Å². The van der Waals surface area contributed by atoms with Crippen LogP contribution in [0.15, 0.2) is 18.2 Å². The lowest BCUT2D eigenvalue weighted by Crippen LogP contribution is -2.34. The summed E-state index contributed by atoms with van der Waals surface area (Å²) in [5.41, 5.74) is 4.41. The summed E-state index contributed by atoms with van der Waals surface area (Å²) in [6.07, 6.45) is 8.18. The Morgan fingerprint density at radius 2 is 2.00 bits per heavy atom. The number of rotatable bonds is 4. The number of nitrogens with zero attached hydrogens (tertiary/aromatic N) is 1. The van der Waals surface area contributed by atoms with Crippen LogP contribution in [0.25, 0.3) is 0 Å². The van der Waals surface area contributed by atoms with Crippen LogP contribution in [0.1, 0.15) is 50.2 Å². The molecule has 0 amide bonds. The minimum absolute atomic E-state index is 0.787. The minimum Gasteiger partial charge on any atom is -0.384 e. The number of para-hydroxylation sites is 1. The van der Waals surface area contributed by atoms with E-state index in [9.17, 15) is 0 Å². The van der Waals surface area contributed by atoms with Crippen molar-refractivity contribution in [1.29, 1.82) is 0 Å². The van der Waals surface area contributed by atoms with Gasteiger partial charge in [0.15, 0.2) is 0 Å². The molecule has 1 aromatic carbocycles. The number of hydrogen-bond donors (Lipinski definition) is 1. The van der Waals surface area contributed by atoms with Gasteiger partial charge in [0.2, 0.25) is 0 Å². The highest BCUT2D eigenvalue weighted by Gasteiger charge is 2.24. The predicted molar refractivity (Wildman–Crippen MR) is 86.1 cm³/mol. The van der Waals surface area contributed by atoms with Crippen molar-refractivity contribution >= 4 is 5.69 Å². The van der Waals surface area contributed by atoms with Gasteiger partial charge in [0.25, 0.3) is 0 Å². The second-order valence-electron chi connectivity index (χ2n) is 6.63. The van der Waals surface area contributed by atoms with Gasteiger partial charge < -0.3 is 5.32 Å². The lowest BCUT2D eigenvalue weighted by Gasteiger charge is -2.34. The summed E-state index contributed by atoms with van der Waals surface area (Å²) in [6.45, 7) is 4.54. The maximum atomic E-state index is 3.57. The molecular formula is C18H28N2. The maximum Gasteiger partial charge on any atom is 0.0419 e. The third-order valence-electron chi connectivity index (χ3n) is 5.37. The molecule has 0 unspecified atom stereocenters. The third-order valence-corrected chi connectivity index (χ3v) is 5.37. The molecule has 0 saturated heterocycles. The van der Waals surface area contributed by atoms with Gasteiger partial charge >= 0.3 is 0 Å². The molecule has 2 heteroatoms. The molecule has 20 heavy (non-hydrogen) atoms. The lowest BCUT2D eigenvalue weighted by atomic mass is 9.84. The highest BCUT2D eigenvalue weighted by Crippen LogP contribution is 2.31. The Morgan fingerprint density at radius 1 is 1.20 bits per heavy atom. The number of benzene rings is 1. The molecule has 0 spiro atoms. The summed E-state index contributed by atoms with van der Waals surface area (Å²) in [4.78, 5) is 2.58. The average Bonchev–Trinajstić information content (AvgIpc) is 2.97. The fourth-order valence-electron chi connectivity index (χ4n) is 3.93. The first-order valence-electron chi connectivity index (χ1n) is 8.32. The smallest absolute Gasteiger partial charge is 0.0419 e. The third kappa shape index (κ3) is 2.85. The van der Waals surface area contributed by atoms with Crippen molar-refractivity contribution in [1.82, 2.24) is 4.90 Å². The van der Waals surface area contributed by atoms with Gasteiger partial charge in [-0.2, -0.15) is 0 Å². The Kier molecular flexibility index (Phi) is 4.30. The van der Waals surface area contributed by atoms with Crippen molar-refractivity contribution < 1.29 is 0 Å². The lowest BCUT2D eigenvalue weighted by molar-refractivity contribution is 0.157. The van der Waals surface area contributed by atoms with Crippen LogP contribution in [-0.4, -0.2) is 24.5 Å². The molecule has 1 aromatic rings. The SMILES string of the molecule is CCC1CCC(N(C)Cc2cccc3c2NCC3)CC1. The molecule has 1 N–H and O–H groups in total. The van der Waals surface area contributed by atoms with Crippen molar-refractivity contribution in [3.05, 3.63) is 29.3 Å². The van der Waals surface area contributed by atoms with Crippen molar-refractivity contribution in [3.8, 4) is 0 Å². The zero-order valence-corrected chi connectivity index (χ0v) is 13.0. The van der Waals surface area contributed by atoms with Crippen LogP contribution in [0, 0.1) is 5.92 Å². The number of anilines is 1. The fraction of sp³-hybridized carbons (Fsp3) is 0.667. The van der Waals surface area contributed by atoms with Gasteiger partial charge in [0.05, 0.1) is 0 Å². The van der Waals surface area contributed by atoms with Crippen LogP contribution in [0.4, 0.5) is 5.69 Å². The van der Waals surface area contributed by atoms with Crippen LogP contribution >= 0.6 is 0 Å². The summed E-state index contributed by atoms with van der Waals surface area (Å²) in [6, 6.07) is 7.58. The molecule has 2 nitrogen and oxygen atoms in total. The molecular weight excluding hydrogens is 244 g/mol. The van der Waals surface area contributed by atoms with Gasteiger partial charge in [-0.3, -0.25) is 4.90 Å². The molecule has 2 aliphatic rings. The Labute approximate surface area is 123 Å². The van der Waals surface area contributed by atoms with Crippen LogP contribution in [0.5, 0.6) is 0 Å². The second-order valence-corrected chi connectivity index (χ2v) is 6.63.